The van der Waals surface area contributed by atoms with E-state index in [2.05, 4.69) is 4.99 Å². The lowest BCUT2D eigenvalue weighted by Gasteiger charge is -2.17. The molecule has 1 heterocycles. The zero-order valence-electron chi connectivity index (χ0n) is 16.1. The lowest BCUT2D eigenvalue weighted by Crippen LogP contribution is -2.23. The Morgan fingerprint density at radius 1 is 1.24 bits per heavy atom. The summed E-state index contributed by atoms with van der Waals surface area (Å²) in [5, 5.41) is 10.3. The second-order valence-electron chi connectivity index (χ2n) is 7.56. The van der Waals surface area contributed by atoms with Crippen molar-refractivity contribution < 1.29 is 18.3 Å². The molecule has 0 bridgehead atoms. The molecule has 1 aliphatic heterocycles. The molecule has 6 nitrogen and oxygen atoms in total. The summed E-state index contributed by atoms with van der Waals surface area (Å²) >= 11 is 6.50. The number of methoxy groups -OCH3 is 1. The Balaban J connectivity index is 1.70. The summed E-state index contributed by atoms with van der Waals surface area (Å²) in [4.78, 5) is 4.41. The molecule has 3 N–H and O–H groups in total. The summed E-state index contributed by atoms with van der Waals surface area (Å²) in [5.41, 5.74) is 9.14. The number of nitrogens with zero attached hydrogens (tertiary/aromatic N) is 1. The van der Waals surface area contributed by atoms with Crippen LogP contribution < -0.4 is 10.5 Å². The molecule has 1 fully saturated rings. The van der Waals surface area contributed by atoms with Crippen LogP contribution in [0, 0.1) is 5.92 Å². The van der Waals surface area contributed by atoms with Gasteiger partial charge in [0, 0.05) is 16.1 Å². The van der Waals surface area contributed by atoms with Crippen LogP contribution in [0.5, 0.6) is 5.75 Å². The van der Waals surface area contributed by atoms with Crippen LogP contribution in [0.3, 0.4) is 0 Å². The molecule has 2 aliphatic rings. The third-order valence-electron chi connectivity index (χ3n) is 5.77. The Bertz CT molecular complexity index is 1100. The van der Waals surface area contributed by atoms with Gasteiger partial charge in [0.1, 0.15) is 11.6 Å². The first-order chi connectivity index (χ1) is 13.8. The van der Waals surface area contributed by atoms with Gasteiger partial charge >= 0.3 is 0 Å². The van der Waals surface area contributed by atoms with Crippen molar-refractivity contribution in [1.82, 2.24) is 0 Å². The number of aliphatic imine (C=N–C) groups is 1. The molecule has 0 radical (unpaired) electrons. The fourth-order valence-electron chi connectivity index (χ4n) is 4.21. The quantitative estimate of drug-likeness (QED) is 0.752. The molecule has 1 aliphatic carbocycles. The first-order valence-electron chi connectivity index (χ1n) is 9.52. The van der Waals surface area contributed by atoms with E-state index in [4.69, 9.17) is 22.1 Å². The lowest BCUT2D eigenvalue weighted by atomic mass is 9.98. The number of ether oxygens (including phenoxy) is 1. The Morgan fingerprint density at radius 2 is 2.00 bits per heavy atom. The average Bonchev–Trinajstić information content (AvgIpc) is 3.26. The van der Waals surface area contributed by atoms with Gasteiger partial charge in [-0.1, -0.05) is 36.2 Å². The maximum Gasteiger partial charge on any atom is 0.178 e. The van der Waals surface area contributed by atoms with E-state index in [9.17, 15) is 13.5 Å². The van der Waals surface area contributed by atoms with Crippen LogP contribution in [0.2, 0.25) is 5.02 Å². The van der Waals surface area contributed by atoms with Crippen molar-refractivity contribution in [3.8, 4) is 16.9 Å². The number of fused-ring (bicyclic) bond motifs is 1. The first kappa shape index (κ1) is 20.2. The molecular formula is C21H23ClN2O4S. The second-order valence-corrected chi connectivity index (χ2v) is 10.0. The third kappa shape index (κ3) is 3.63. The van der Waals surface area contributed by atoms with Gasteiger partial charge in [-0.25, -0.2) is 8.42 Å². The normalized spacial score (nSPS) is 21.1. The van der Waals surface area contributed by atoms with Crippen LogP contribution >= 0.6 is 11.6 Å². The van der Waals surface area contributed by atoms with Gasteiger partial charge in [-0.2, -0.15) is 0 Å². The SMILES string of the molecule is COc1c(-c2ccc(S(=O)(=O)C[C@@H]3CCC[C@@H]3O)cc2Cl)ccc2c1C(N)=NC2. The molecule has 0 spiro atoms. The molecule has 8 heteroatoms. The minimum Gasteiger partial charge on any atom is -0.495 e. The predicted molar refractivity (Wildman–Crippen MR) is 113 cm³/mol. The van der Waals surface area contributed by atoms with Crippen molar-refractivity contribution >= 4 is 27.3 Å². The number of benzene rings is 2. The van der Waals surface area contributed by atoms with Crippen LogP contribution in [-0.4, -0.2) is 38.3 Å². The highest BCUT2D eigenvalue weighted by atomic mass is 35.5. The van der Waals surface area contributed by atoms with Gasteiger partial charge in [0.25, 0.3) is 0 Å². The van der Waals surface area contributed by atoms with E-state index < -0.39 is 15.9 Å². The average molecular weight is 435 g/mol. The first-order valence-corrected chi connectivity index (χ1v) is 11.6. The standard InChI is InChI=1S/C21H23ClN2O4S/c1-28-20-16(7-5-12-10-24-21(23)19(12)20)15-8-6-14(9-17(15)22)29(26,27)11-13-3-2-4-18(13)25/h5-9,13,18,25H,2-4,10-11H2,1H3,(H2,23,24)/t13-,18-/m0/s1. The van der Waals surface area contributed by atoms with Gasteiger partial charge in [0.2, 0.25) is 0 Å². The van der Waals surface area contributed by atoms with Gasteiger partial charge in [-0.15, -0.1) is 0 Å². The number of hydrogen-bond acceptors (Lipinski definition) is 6. The summed E-state index contributed by atoms with van der Waals surface area (Å²) in [6.45, 7) is 0.510. The van der Waals surface area contributed by atoms with Crippen LogP contribution in [-0.2, 0) is 16.4 Å². The Morgan fingerprint density at radius 3 is 2.66 bits per heavy atom. The van der Waals surface area contributed by atoms with Crippen molar-refractivity contribution in [1.29, 1.82) is 0 Å². The number of halogens is 1. The lowest BCUT2D eigenvalue weighted by molar-refractivity contribution is 0.142. The van der Waals surface area contributed by atoms with Crippen molar-refractivity contribution in [3.05, 3.63) is 46.5 Å². The molecule has 0 saturated heterocycles. The molecule has 1 saturated carbocycles. The maximum atomic E-state index is 12.8. The van der Waals surface area contributed by atoms with Crippen LogP contribution in [0.25, 0.3) is 11.1 Å². The topological polar surface area (TPSA) is 102 Å². The summed E-state index contributed by atoms with van der Waals surface area (Å²) in [6.07, 6.45) is 1.68. The van der Waals surface area contributed by atoms with E-state index in [1.54, 1.807) is 19.2 Å². The number of rotatable bonds is 5. The van der Waals surface area contributed by atoms with E-state index >= 15 is 0 Å². The van der Waals surface area contributed by atoms with Gasteiger partial charge in [0.15, 0.2) is 9.84 Å². The van der Waals surface area contributed by atoms with Crippen LogP contribution in [0.1, 0.15) is 30.4 Å². The molecule has 154 valence electrons. The minimum absolute atomic E-state index is 0.0704. The zero-order valence-corrected chi connectivity index (χ0v) is 17.6. The third-order valence-corrected chi connectivity index (χ3v) is 7.92. The summed E-state index contributed by atoms with van der Waals surface area (Å²) < 4.78 is 31.3. The number of amidine groups is 1. The molecule has 0 unspecified atom stereocenters. The Labute approximate surface area is 175 Å². The molecular weight excluding hydrogens is 412 g/mol. The molecule has 2 atom stereocenters. The largest absolute Gasteiger partial charge is 0.495 e. The van der Waals surface area contributed by atoms with Gasteiger partial charge in [0.05, 0.1) is 36.0 Å². The summed E-state index contributed by atoms with van der Waals surface area (Å²) in [5.74, 6) is 0.702. The van der Waals surface area contributed by atoms with E-state index in [1.807, 2.05) is 12.1 Å². The smallest absolute Gasteiger partial charge is 0.178 e. The van der Waals surface area contributed by atoms with Crippen LogP contribution in [0.4, 0.5) is 0 Å². The van der Waals surface area contributed by atoms with E-state index in [-0.39, 0.29) is 16.6 Å². The van der Waals surface area contributed by atoms with Crippen molar-refractivity contribution in [2.24, 2.45) is 16.6 Å². The number of hydrogen-bond donors (Lipinski definition) is 2. The summed E-state index contributed by atoms with van der Waals surface area (Å²) in [6, 6.07) is 8.53. The van der Waals surface area contributed by atoms with E-state index in [0.717, 1.165) is 29.5 Å². The number of aliphatic hydroxyl groups excluding tert-OH is 1. The molecule has 2 aromatic carbocycles. The number of nitrogens with two attached hydrogens (primary N) is 1. The van der Waals surface area contributed by atoms with Gasteiger partial charge in [-0.3, -0.25) is 4.99 Å². The highest BCUT2D eigenvalue weighted by Crippen LogP contribution is 2.41. The number of aliphatic hydroxyl groups is 1. The molecule has 4 rings (SSSR count). The Kier molecular flexibility index (Phi) is 5.31. The predicted octanol–water partition coefficient (Wildman–Crippen LogP) is 3.17. The van der Waals surface area contributed by atoms with E-state index in [1.165, 1.54) is 6.07 Å². The molecule has 29 heavy (non-hydrogen) atoms. The minimum atomic E-state index is -3.55. The number of sulfone groups is 1. The van der Waals surface area contributed by atoms with Crippen molar-refractivity contribution in [2.45, 2.75) is 36.8 Å². The summed E-state index contributed by atoms with van der Waals surface area (Å²) in [7, 11) is -1.99. The van der Waals surface area contributed by atoms with E-state index in [0.29, 0.717) is 35.1 Å². The Hall–Kier alpha value is -2.09. The highest BCUT2D eigenvalue weighted by molar-refractivity contribution is 7.91. The highest BCUT2D eigenvalue weighted by Gasteiger charge is 2.31. The monoisotopic (exact) mass is 434 g/mol. The van der Waals surface area contributed by atoms with Gasteiger partial charge < -0.3 is 15.6 Å². The van der Waals surface area contributed by atoms with Crippen LogP contribution in [0.15, 0.2) is 40.2 Å². The van der Waals surface area contributed by atoms with Gasteiger partial charge in [-0.05, 0) is 36.5 Å². The fraction of sp³-hybridized carbons (Fsp3) is 0.381. The maximum absolute atomic E-state index is 12.8. The zero-order chi connectivity index (χ0) is 20.8. The molecule has 0 aromatic heterocycles. The van der Waals surface area contributed by atoms with Crippen molar-refractivity contribution in [2.75, 3.05) is 12.9 Å². The van der Waals surface area contributed by atoms with Crippen molar-refractivity contribution in [3.63, 3.8) is 0 Å². The fourth-order valence-corrected chi connectivity index (χ4v) is 6.27. The molecule has 2 aromatic rings. The second kappa shape index (κ2) is 7.63. The molecule has 0 amide bonds.